The zero-order valence-electron chi connectivity index (χ0n) is 15.9. The number of amides is 1. The lowest BCUT2D eigenvalue weighted by Gasteiger charge is -2.28. The molecule has 0 spiro atoms. The normalized spacial score (nSPS) is 25.1. The zero-order chi connectivity index (χ0) is 18.7. The minimum Gasteiger partial charge on any atom is -0.455 e. The Bertz CT molecular complexity index is 675. The number of aryl methyl sites for hydroxylation is 2. The van der Waals surface area contributed by atoms with E-state index in [0.29, 0.717) is 5.92 Å². The maximum absolute atomic E-state index is 12.1. The summed E-state index contributed by atoms with van der Waals surface area (Å²) in [6, 6.07) is 6.34. The summed E-state index contributed by atoms with van der Waals surface area (Å²) in [6.07, 6.45) is 5.23. The van der Waals surface area contributed by atoms with Crippen LogP contribution in [0.4, 0.5) is 0 Å². The van der Waals surface area contributed by atoms with Crippen molar-refractivity contribution in [1.29, 1.82) is 0 Å². The van der Waals surface area contributed by atoms with Gasteiger partial charge >= 0.3 is 5.97 Å². The van der Waals surface area contributed by atoms with E-state index in [0.717, 1.165) is 22.3 Å². The standard InChI is InChI=1S/C21H29NO3S/c1-13-4-5-14(2)19(8-13)26-12-21(24)25-11-20(23)22-15(3)18-10-16-6-7-17(18)9-16/h4-5,8,15-18H,6-7,9-12H2,1-3H3,(H,22,23)/t15-,16+,17+,18+/m1/s1. The van der Waals surface area contributed by atoms with Crippen LogP contribution in [0.25, 0.3) is 0 Å². The van der Waals surface area contributed by atoms with Gasteiger partial charge in [-0.2, -0.15) is 0 Å². The second-order valence-electron chi connectivity index (χ2n) is 7.91. The highest BCUT2D eigenvalue weighted by molar-refractivity contribution is 8.00. The molecule has 4 nitrogen and oxygen atoms in total. The Morgan fingerprint density at radius 2 is 2.08 bits per heavy atom. The van der Waals surface area contributed by atoms with Crippen molar-refractivity contribution in [2.24, 2.45) is 17.8 Å². The SMILES string of the molecule is Cc1ccc(C)c(SCC(=O)OCC(=O)N[C@H](C)[C@@H]2C[C@H]3CC[C@H]2C3)c1. The van der Waals surface area contributed by atoms with Crippen LogP contribution in [0.1, 0.15) is 43.7 Å². The number of nitrogens with one attached hydrogen (secondary N) is 1. The lowest BCUT2D eigenvalue weighted by atomic mass is 9.84. The maximum atomic E-state index is 12.1. The maximum Gasteiger partial charge on any atom is 0.316 e. The fourth-order valence-electron chi connectivity index (χ4n) is 4.50. The molecule has 2 bridgehead atoms. The van der Waals surface area contributed by atoms with Crippen molar-refractivity contribution >= 4 is 23.6 Å². The van der Waals surface area contributed by atoms with Crippen LogP contribution in [0.2, 0.25) is 0 Å². The summed E-state index contributed by atoms with van der Waals surface area (Å²) >= 11 is 1.46. The third-order valence-corrected chi connectivity index (χ3v) is 7.01. The summed E-state index contributed by atoms with van der Waals surface area (Å²) in [7, 11) is 0. The molecule has 2 aliphatic rings. The van der Waals surface area contributed by atoms with Crippen LogP contribution in [-0.2, 0) is 14.3 Å². The van der Waals surface area contributed by atoms with Crippen molar-refractivity contribution in [2.45, 2.75) is 57.4 Å². The van der Waals surface area contributed by atoms with E-state index in [4.69, 9.17) is 4.74 Å². The minimum atomic E-state index is -0.348. The molecule has 1 N–H and O–H groups in total. The number of fused-ring (bicyclic) bond motifs is 2. The molecule has 1 aromatic rings. The molecule has 1 aromatic carbocycles. The molecule has 2 saturated carbocycles. The summed E-state index contributed by atoms with van der Waals surface area (Å²) in [5.74, 6) is 1.91. The molecule has 0 heterocycles. The number of benzene rings is 1. The van der Waals surface area contributed by atoms with Gasteiger partial charge in [-0.15, -0.1) is 11.8 Å². The Morgan fingerprint density at radius 1 is 1.27 bits per heavy atom. The molecule has 3 rings (SSSR count). The predicted molar refractivity (Wildman–Crippen MR) is 104 cm³/mol. The predicted octanol–water partition coefficient (Wildman–Crippen LogP) is 3.88. The van der Waals surface area contributed by atoms with Crippen LogP contribution in [0.5, 0.6) is 0 Å². The fourth-order valence-corrected chi connectivity index (χ4v) is 5.42. The van der Waals surface area contributed by atoms with Gasteiger partial charge in [0.05, 0.1) is 5.75 Å². The van der Waals surface area contributed by atoms with E-state index in [2.05, 4.69) is 24.4 Å². The van der Waals surface area contributed by atoms with Gasteiger partial charge in [0.1, 0.15) is 0 Å². The smallest absolute Gasteiger partial charge is 0.316 e. The molecule has 4 atom stereocenters. The van der Waals surface area contributed by atoms with Crippen LogP contribution >= 0.6 is 11.8 Å². The van der Waals surface area contributed by atoms with Gasteiger partial charge in [-0.05, 0) is 69.4 Å². The highest BCUT2D eigenvalue weighted by atomic mass is 32.2. The number of hydrogen-bond acceptors (Lipinski definition) is 4. The molecule has 26 heavy (non-hydrogen) atoms. The average Bonchev–Trinajstić information content (AvgIpc) is 3.24. The van der Waals surface area contributed by atoms with Crippen LogP contribution < -0.4 is 5.32 Å². The summed E-state index contributed by atoms with van der Waals surface area (Å²) in [6.45, 7) is 5.96. The number of carbonyl (C=O) groups excluding carboxylic acids is 2. The van der Waals surface area contributed by atoms with Gasteiger partial charge in [-0.1, -0.05) is 24.1 Å². The third-order valence-electron chi connectivity index (χ3n) is 5.88. The van der Waals surface area contributed by atoms with Gasteiger partial charge in [0.15, 0.2) is 6.61 Å². The van der Waals surface area contributed by atoms with Gasteiger partial charge in [0.25, 0.3) is 5.91 Å². The molecule has 142 valence electrons. The number of carbonyl (C=O) groups is 2. The molecule has 1 amide bonds. The van der Waals surface area contributed by atoms with E-state index < -0.39 is 0 Å². The van der Waals surface area contributed by atoms with Gasteiger partial charge in [-0.3, -0.25) is 9.59 Å². The quantitative estimate of drug-likeness (QED) is 0.580. The Hall–Kier alpha value is -1.49. The van der Waals surface area contributed by atoms with Gasteiger partial charge in [0.2, 0.25) is 0 Å². The van der Waals surface area contributed by atoms with Crippen molar-refractivity contribution in [3.05, 3.63) is 29.3 Å². The van der Waals surface area contributed by atoms with Crippen LogP contribution in [0, 0.1) is 31.6 Å². The first-order valence-electron chi connectivity index (χ1n) is 9.57. The van der Waals surface area contributed by atoms with E-state index in [9.17, 15) is 9.59 Å². The van der Waals surface area contributed by atoms with Gasteiger partial charge in [-0.25, -0.2) is 0 Å². The zero-order valence-corrected chi connectivity index (χ0v) is 16.7. The van der Waals surface area contributed by atoms with Crippen LogP contribution in [0.15, 0.2) is 23.1 Å². The van der Waals surface area contributed by atoms with Crippen molar-refractivity contribution < 1.29 is 14.3 Å². The Labute approximate surface area is 160 Å². The van der Waals surface area contributed by atoms with Crippen molar-refractivity contribution in [3.8, 4) is 0 Å². The van der Waals surface area contributed by atoms with Crippen molar-refractivity contribution in [2.75, 3.05) is 12.4 Å². The second kappa shape index (κ2) is 8.47. The highest BCUT2D eigenvalue weighted by Crippen LogP contribution is 2.49. The Kier molecular flexibility index (Phi) is 6.28. The van der Waals surface area contributed by atoms with Crippen LogP contribution in [0.3, 0.4) is 0 Å². The van der Waals surface area contributed by atoms with E-state index in [-0.39, 0.29) is 30.3 Å². The lowest BCUT2D eigenvalue weighted by molar-refractivity contribution is -0.146. The Morgan fingerprint density at radius 3 is 2.77 bits per heavy atom. The van der Waals surface area contributed by atoms with Gasteiger partial charge < -0.3 is 10.1 Å². The van der Waals surface area contributed by atoms with E-state index in [1.54, 1.807) is 0 Å². The van der Waals surface area contributed by atoms with E-state index >= 15 is 0 Å². The number of thioether (sulfide) groups is 1. The van der Waals surface area contributed by atoms with Crippen molar-refractivity contribution in [3.63, 3.8) is 0 Å². The molecule has 0 saturated heterocycles. The first-order chi connectivity index (χ1) is 12.4. The number of esters is 1. The summed E-state index contributed by atoms with van der Waals surface area (Å²) in [4.78, 5) is 25.1. The molecule has 0 aromatic heterocycles. The first kappa shape index (κ1) is 19.3. The second-order valence-corrected chi connectivity index (χ2v) is 8.93. The van der Waals surface area contributed by atoms with Crippen molar-refractivity contribution in [1.82, 2.24) is 5.32 Å². The molecule has 0 unspecified atom stereocenters. The third kappa shape index (κ3) is 4.81. The van der Waals surface area contributed by atoms with Gasteiger partial charge in [0, 0.05) is 10.9 Å². The number of ether oxygens (including phenoxy) is 1. The minimum absolute atomic E-state index is 0.167. The summed E-state index contributed by atoms with van der Waals surface area (Å²) < 4.78 is 5.15. The molecule has 2 fully saturated rings. The first-order valence-corrected chi connectivity index (χ1v) is 10.6. The molecular weight excluding hydrogens is 346 g/mol. The fraction of sp³-hybridized carbons (Fsp3) is 0.619. The molecule has 0 radical (unpaired) electrons. The molecule has 0 aliphatic heterocycles. The van der Waals surface area contributed by atoms with E-state index in [1.807, 2.05) is 19.9 Å². The monoisotopic (exact) mass is 375 g/mol. The summed E-state index contributed by atoms with van der Waals surface area (Å²) in [5.41, 5.74) is 2.31. The van der Waals surface area contributed by atoms with Crippen LogP contribution in [-0.4, -0.2) is 30.3 Å². The highest BCUT2D eigenvalue weighted by Gasteiger charge is 2.42. The lowest BCUT2D eigenvalue weighted by Crippen LogP contribution is -2.42. The topological polar surface area (TPSA) is 55.4 Å². The average molecular weight is 376 g/mol. The number of hydrogen-bond donors (Lipinski definition) is 1. The van der Waals surface area contributed by atoms with E-state index in [1.165, 1.54) is 43.0 Å². The Balaban J connectivity index is 1.37. The molecule has 5 heteroatoms. The summed E-state index contributed by atoms with van der Waals surface area (Å²) in [5, 5.41) is 3.03. The molecule has 2 aliphatic carbocycles. The largest absolute Gasteiger partial charge is 0.455 e. The number of rotatable bonds is 7. The molecular formula is C21H29NO3S.